The lowest BCUT2D eigenvalue weighted by Crippen LogP contribution is -2.27. The molecule has 0 bridgehead atoms. The molecule has 0 atom stereocenters. The zero-order valence-electron chi connectivity index (χ0n) is 18.6. The van der Waals surface area contributed by atoms with E-state index in [0.717, 1.165) is 49.4 Å². The summed E-state index contributed by atoms with van der Waals surface area (Å²) < 4.78 is 0. The van der Waals surface area contributed by atoms with E-state index in [0.29, 0.717) is 12.2 Å². The number of amides is 1. The highest BCUT2D eigenvalue weighted by molar-refractivity contribution is 7.09. The van der Waals surface area contributed by atoms with Crippen LogP contribution in [-0.4, -0.2) is 53.4 Å². The quantitative estimate of drug-likeness (QED) is 0.373. The topological polar surface area (TPSA) is 83.7 Å². The third-order valence-electron chi connectivity index (χ3n) is 4.74. The summed E-state index contributed by atoms with van der Waals surface area (Å²) in [7, 11) is 3.13. The molecule has 6 heteroatoms. The van der Waals surface area contributed by atoms with Crippen molar-refractivity contribution in [1.82, 2.24) is 4.90 Å². The summed E-state index contributed by atoms with van der Waals surface area (Å²) in [6.45, 7) is 1.06. The Morgan fingerprint density at radius 3 is 2.39 bits per heavy atom. The number of aryl methyl sites for hydroxylation is 1. The summed E-state index contributed by atoms with van der Waals surface area (Å²) in [4.78, 5) is 15.0. The number of thiophene rings is 1. The fourth-order valence-electron chi connectivity index (χ4n) is 3.03. The number of aromatic hydroxyl groups is 1. The van der Waals surface area contributed by atoms with Gasteiger partial charge in [-0.05, 0) is 48.6 Å². The van der Waals surface area contributed by atoms with Gasteiger partial charge in [-0.3, -0.25) is 4.79 Å². The number of phenols is 1. The predicted molar refractivity (Wildman–Crippen MR) is 131 cm³/mol. The van der Waals surface area contributed by atoms with Crippen molar-refractivity contribution in [2.45, 2.75) is 38.5 Å². The van der Waals surface area contributed by atoms with E-state index in [2.05, 4.69) is 17.5 Å². The first-order valence-corrected chi connectivity index (χ1v) is 11.5. The Labute approximate surface area is 189 Å². The monoisotopic (exact) mass is 446 g/mol. The third kappa shape index (κ3) is 10.4. The average Bonchev–Trinajstić information content (AvgIpc) is 3.32. The largest absolute Gasteiger partial charge is 0.507 e. The zero-order valence-corrected chi connectivity index (χ0v) is 19.4. The molecule has 0 radical (unpaired) electrons. The highest BCUT2D eigenvalue weighted by atomic mass is 32.1. The minimum absolute atomic E-state index is 0.221. The minimum Gasteiger partial charge on any atom is -0.507 e. The molecule has 4 N–H and O–H groups in total. The number of benzene rings is 2. The Bertz CT molecular complexity index is 846. The fourth-order valence-corrected chi connectivity index (χ4v) is 3.79. The Morgan fingerprint density at radius 2 is 1.71 bits per heavy atom. The fraction of sp³-hybridized carbons (Fsp3) is 0.400. The zero-order chi connectivity index (χ0) is 22.9. The second-order valence-electron chi connectivity index (χ2n) is 7.03. The highest BCUT2D eigenvalue weighted by Gasteiger charge is 2.07. The van der Waals surface area contributed by atoms with E-state index in [1.54, 1.807) is 17.4 Å². The van der Waals surface area contributed by atoms with Crippen LogP contribution in [0, 0.1) is 0 Å². The maximum Gasteiger partial charge on any atom is 0.222 e. The van der Waals surface area contributed by atoms with Gasteiger partial charge in [0.05, 0.1) is 0 Å². The number of fused-ring (bicyclic) bond motifs is 1. The van der Waals surface area contributed by atoms with Crippen LogP contribution >= 0.6 is 11.3 Å². The molecule has 0 unspecified atom stereocenters. The Morgan fingerprint density at radius 1 is 0.968 bits per heavy atom. The van der Waals surface area contributed by atoms with Crippen molar-refractivity contribution in [3.8, 4) is 5.75 Å². The van der Waals surface area contributed by atoms with Crippen molar-refractivity contribution in [1.29, 1.82) is 0 Å². The maximum atomic E-state index is 11.8. The third-order valence-corrected chi connectivity index (χ3v) is 5.67. The van der Waals surface area contributed by atoms with Crippen molar-refractivity contribution >= 4 is 28.0 Å². The SMILES string of the molecule is CN(CCCc1cccs1)C(=O)CCCCCO.C[OH2+].Oc1cccc2ccccc12. The van der Waals surface area contributed by atoms with E-state index in [9.17, 15) is 9.90 Å². The molecule has 2 aromatic carbocycles. The maximum absolute atomic E-state index is 11.8. The number of carbonyl (C=O) groups excluding carboxylic acids is 1. The van der Waals surface area contributed by atoms with Gasteiger partial charge in [-0.2, -0.15) is 0 Å². The minimum atomic E-state index is 0.221. The molecule has 0 aliphatic carbocycles. The lowest BCUT2D eigenvalue weighted by molar-refractivity contribution is -0.130. The smallest absolute Gasteiger partial charge is 0.222 e. The molecule has 0 fully saturated rings. The van der Waals surface area contributed by atoms with Crippen LogP contribution in [0.3, 0.4) is 0 Å². The van der Waals surface area contributed by atoms with E-state index in [4.69, 9.17) is 10.2 Å². The van der Waals surface area contributed by atoms with Gasteiger partial charge in [-0.15, -0.1) is 11.3 Å². The van der Waals surface area contributed by atoms with Crippen LogP contribution in [0.15, 0.2) is 60.0 Å². The van der Waals surface area contributed by atoms with Crippen LogP contribution in [-0.2, 0) is 11.2 Å². The molecule has 0 aliphatic rings. The second kappa shape index (κ2) is 16.3. The molecule has 170 valence electrons. The van der Waals surface area contributed by atoms with E-state index in [1.807, 2.05) is 48.3 Å². The van der Waals surface area contributed by atoms with E-state index in [1.165, 1.54) is 12.0 Å². The van der Waals surface area contributed by atoms with Crippen LogP contribution in [0.2, 0.25) is 0 Å². The summed E-state index contributed by atoms with van der Waals surface area (Å²) in [5.41, 5.74) is 0. The highest BCUT2D eigenvalue weighted by Crippen LogP contribution is 2.22. The number of hydrogen-bond acceptors (Lipinski definition) is 4. The predicted octanol–water partition coefficient (Wildman–Crippen LogP) is 4.58. The normalized spacial score (nSPS) is 9.94. The molecule has 0 saturated carbocycles. The molecule has 0 saturated heterocycles. The first-order chi connectivity index (χ1) is 15.1. The number of aliphatic hydroxyl groups is 1. The molecule has 31 heavy (non-hydrogen) atoms. The standard InChI is InChI=1S/C14H23NO2S.C10H8O.CH4O/c1-15(14(17)9-3-2-4-11-16)10-5-7-13-8-6-12-18-13;11-10-7-3-5-8-4-1-2-6-9(8)10;1-2/h6,8,12,16H,2-5,7,9-11H2,1H3;1-7,11H;2H,1H3/p+1. The summed E-state index contributed by atoms with van der Waals surface area (Å²) in [6, 6.07) is 17.5. The lowest BCUT2D eigenvalue weighted by atomic mass is 10.1. The van der Waals surface area contributed by atoms with Gasteiger partial charge in [-0.25, -0.2) is 0 Å². The summed E-state index contributed by atoms with van der Waals surface area (Å²) in [5.74, 6) is 0.571. The van der Waals surface area contributed by atoms with Gasteiger partial charge in [0.15, 0.2) is 0 Å². The first kappa shape index (κ1) is 26.6. The van der Waals surface area contributed by atoms with Gasteiger partial charge in [0.2, 0.25) is 5.91 Å². The van der Waals surface area contributed by atoms with Crippen molar-refractivity contribution in [3.63, 3.8) is 0 Å². The molecule has 3 rings (SSSR count). The van der Waals surface area contributed by atoms with Crippen molar-refractivity contribution < 1.29 is 20.1 Å². The number of nitrogens with zero attached hydrogens (tertiary/aromatic N) is 1. The Balaban J connectivity index is 0.000000313. The van der Waals surface area contributed by atoms with Gasteiger partial charge in [-0.1, -0.05) is 48.9 Å². The van der Waals surface area contributed by atoms with Gasteiger partial charge in [0.25, 0.3) is 0 Å². The Hall–Kier alpha value is -2.41. The summed E-state index contributed by atoms with van der Waals surface area (Å²) in [6.07, 6.45) is 5.31. The van der Waals surface area contributed by atoms with Gasteiger partial charge >= 0.3 is 0 Å². The molecule has 1 heterocycles. The summed E-state index contributed by atoms with van der Waals surface area (Å²) >= 11 is 1.78. The number of phenolic OH excluding ortho intramolecular Hbond substituents is 1. The number of carbonyl (C=O) groups is 1. The van der Waals surface area contributed by atoms with Gasteiger partial charge in [0, 0.05) is 36.9 Å². The van der Waals surface area contributed by atoms with E-state index in [-0.39, 0.29) is 12.5 Å². The molecule has 5 nitrogen and oxygen atoms in total. The first-order valence-electron chi connectivity index (χ1n) is 10.7. The molecule has 1 amide bonds. The molecular weight excluding hydrogens is 410 g/mol. The molecule has 0 spiro atoms. The van der Waals surface area contributed by atoms with Crippen LogP contribution in [0.5, 0.6) is 5.75 Å². The Kier molecular flexibility index (Phi) is 14.0. The van der Waals surface area contributed by atoms with Crippen molar-refractivity contribution in [3.05, 3.63) is 64.9 Å². The molecular formula is C25H36NO4S+. The number of hydrogen-bond donors (Lipinski definition) is 2. The van der Waals surface area contributed by atoms with Crippen molar-refractivity contribution in [2.75, 3.05) is 27.3 Å². The van der Waals surface area contributed by atoms with E-state index < -0.39 is 0 Å². The van der Waals surface area contributed by atoms with Crippen LogP contribution in [0.4, 0.5) is 0 Å². The molecule has 3 aromatic rings. The average molecular weight is 447 g/mol. The molecule has 1 aromatic heterocycles. The van der Waals surface area contributed by atoms with Gasteiger partial charge < -0.3 is 20.2 Å². The lowest BCUT2D eigenvalue weighted by Gasteiger charge is -2.16. The summed E-state index contributed by atoms with van der Waals surface area (Å²) in [5, 5.41) is 27.9. The van der Waals surface area contributed by atoms with Crippen LogP contribution < -0.4 is 0 Å². The van der Waals surface area contributed by atoms with Gasteiger partial charge in [0.1, 0.15) is 12.9 Å². The van der Waals surface area contributed by atoms with Crippen molar-refractivity contribution in [2.24, 2.45) is 0 Å². The second-order valence-corrected chi connectivity index (χ2v) is 8.06. The van der Waals surface area contributed by atoms with E-state index >= 15 is 0 Å². The number of aliphatic hydroxyl groups excluding tert-OH is 1. The number of rotatable bonds is 9. The van der Waals surface area contributed by atoms with Crippen LogP contribution in [0.25, 0.3) is 10.8 Å². The molecule has 0 aliphatic heterocycles. The van der Waals surface area contributed by atoms with Crippen LogP contribution in [0.1, 0.15) is 37.0 Å². The number of unbranched alkanes of at least 4 members (excludes halogenated alkanes) is 2.